The molecule has 1 saturated heterocycles. The minimum Gasteiger partial charge on any atom is -0.435 e. The zero-order valence-electron chi connectivity index (χ0n) is 17.8. The molecule has 2 unspecified atom stereocenters. The maximum Gasteiger partial charge on any atom is 0.387 e. The van der Waals surface area contributed by atoms with E-state index < -0.39 is 6.61 Å². The van der Waals surface area contributed by atoms with Crippen LogP contribution in [0.4, 0.5) is 14.5 Å². The molecular weight excluding hydrogens is 418 g/mol. The summed E-state index contributed by atoms with van der Waals surface area (Å²) in [6.45, 7) is 1.91. The summed E-state index contributed by atoms with van der Waals surface area (Å²) in [5, 5.41) is 12.4. The molecule has 0 aliphatic carbocycles. The lowest BCUT2D eigenvalue weighted by Crippen LogP contribution is -2.33. The number of hydrazone groups is 1. The highest BCUT2D eigenvalue weighted by Crippen LogP contribution is 2.33. The molecular formula is C23H26F2N4O3. The molecule has 2 aliphatic rings. The first-order valence-electron chi connectivity index (χ1n) is 10.7. The van der Waals surface area contributed by atoms with E-state index in [1.54, 1.807) is 17.1 Å². The molecule has 2 aromatic rings. The van der Waals surface area contributed by atoms with Crippen LogP contribution in [-0.4, -0.2) is 49.5 Å². The number of ether oxygens (including phenoxy) is 2. The summed E-state index contributed by atoms with van der Waals surface area (Å²) in [6, 6.07) is 13.9. The zero-order chi connectivity index (χ0) is 22.5. The van der Waals surface area contributed by atoms with Crippen molar-refractivity contribution < 1.29 is 23.0 Å². The van der Waals surface area contributed by atoms with Crippen molar-refractivity contribution in [3.8, 4) is 5.75 Å². The van der Waals surface area contributed by atoms with Crippen LogP contribution in [0.2, 0.25) is 0 Å². The van der Waals surface area contributed by atoms with E-state index >= 15 is 0 Å². The number of nitrogens with one attached hydrogen (secondary N) is 2. The highest BCUT2D eigenvalue weighted by molar-refractivity contribution is 6.43. The Morgan fingerprint density at radius 1 is 1.28 bits per heavy atom. The monoisotopic (exact) mass is 444 g/mol. The molecule has 2 aromatic carbocycles. The van der Waals surface area contributed by atoms with Gasteiger partial charge in [0, 0.05) is 31.7 Å². The number of anilines is 1. The second kappa shape index (κ2) is 10.1. The largest absolute Gasteiger partial charge is 0.435 e. The molecule has 9 heteroatoms. The van der Waals surface area contributed by atoms with Crippen molar-refractivity contribution in [3.63, 3.8) is 0 Å². The smallest absolute Gasteiger partial charge is 0.387 e. The molecule has 0 saturated carbocycles. The second-order valence-electron chi connectivity index (χ2n) is 7.61. The Morgan fingerprint density at radius 2 is 2.09 bits per heavy atom. The van der Waals surface area contributed by atoms with Crippen LogP contribution >= 0.6 is 0 Å². The third kappa shape index (κ3) is 5.23. The molecule has 2 aliphatic heterocycles. The summed E-state index contributed by atoms with van der Waals surface area (Å²) in [5.74, 6) is -0.196. The van der Waals surface area contributed by atoms with Gasteiger partial charge in [-0.05, 0) is 42.3 Å². The fourth-order valence-electron chi connectivity index (χ4n) is 3.94. The molecule has 2 heterocycles. The minimum absolute atomic E-state index is 0.0105. The maximum absolute atomic E-state index is 12.8. The third-order valence-electron chi connectivity index (χ3n) is 5.52. The Balaban J connectivity index is 1.41. The molecule has 0 aromatic heterocycles. The van der Waals surface area contributed by atoms with Gasteiger partial charge in [0.05, 0.1) is 18.8 Å². The normalized spacial score (nSPS) is 20.9. The van der Waals surface area contributed by atoms with Gasteiger partial charge in [-0.25, -0.2) is 0 Å². The van der Waals surface area contributed by atoms with Gasteiger partial charge in [-0.2, -0.15) is 13.9 Å². The van der Waals surface area contributed by atoms with Gasteiger partial charge < -0.3 is 20.1 Å². The average molecular weight is 444 g/mol. The van der Waals surface area contributed by atoms with Crippen LogP contribution in [0.15, 0.2) is 53.6 Å². The molecule has 7 nitrogen and oxygen atoms in total. The van der Waals surface area contributed by atoms with Crippen LogP contribution in [0.1, 0.15) is 36.6 Å². The predicted molar refractivity (Wildman–Crippen MR) is 117 cm³/mol. The van der Waals surface area contributed by atoms with E-state index in [-0.39, 0.29) is 23.8 Å². The predicted octanol–water partition coefficient (Wildman–Crippen LogP) is 3.71. The van der Waals surface area contributed by atoms with Crippen molar-refractivity contribution in [1.29, 1.82) is 0 Å². The number of benzene rings is 2. The number of amides is 1. The Kier molecular flexibility index (Phi) is 6.96. The number of hydrogen-bond acceptors (Lipinski definition) is 6. The average Bonchev–Trinajstić information content (AvgIpc) is 3.25. The Morgan fingerprint density at radius 3 is 2.78 bits per heavy atom. The van der Waals surface area contributed by atoms with Gasteiger partial charge in [-0.1, -0.05) is 24.3 Å². The molecule has 0 bridgehead atoms. The maximum atomic E-state index is 12.8. The SMILES string of the molecule is CCN1N=C(C(=O)Nc2ccc(C3CNCCO3)cc2)CC1c1cccc(OC(F)F)c1. The van der Waals surface area contributed by atoms with Crippen LogP contribution in [0, 0.1) is 0 Å². The quantitative estimate of drug-likeness (QED) is 0.681. The molecule has 2 N–H and O–H groups in total. The summed E-state index contributed by atoms with van der Waals surface area (Å²) in [6.07, 6.45) is 0.383. The van der Waals surface area contributed by atoms with Gasteiger partial charge in [0.1, 0.15) is 11.5 Å². The van der Waals surface area contributed by atoms with E-state index in [1.807, 2.05) is 37.3 Å². The zero-order valence-corrected chi connectivity index (χ0v) is 17.8. The first-order chi connectivity index (χ1) is 15.5. The van der Waals surface area contributed by atoms with Gasteiger partial charge in [0.15, 0.2) is 0 Å². The van der Waals surface area contributed by atoms with Crippen molar-refractivity contribution in [2.75, 3.05) is 31.6 Å². The van der Waals surface area contributed by atoms with Gasteiger partial charge >= 0.3 is 6.61 Å². The van der Waals surface area contributed by atoms with E-state index in [0.29, 0.717) is 31.0 Å². The number of rotatable bonds is 7. The molecule has 2 atom stereocenters. The first-order valence-corrected chi connectivity index (χ1v) is 10.7. The molecule has 170 valence electrons. The first kappa shape index (κ1) is 22.2. The molecule has 1 fully saturated rings. The number of alkyl halides is 2. The fourth-order valence-corrected chi connectivity index (χ4v) is 3.94. The molecule has 0 spiro atoms. The lowest BCUT2D eigenvalue weighted by molar-refractivity contribution is -0.110. The summed E-state index contributed by atoms with van der Waals surface area (Å²) < 4.78 is 35.4. The lowest BCUT2D eigenvalue weighted by Gasteiger charge is -2.24. The van der Waals surface area contributed by atoms with Crippen molar-refractivity contribution in [2.45, 2.75) is 32.1 Å². The summed E-state index contributed by atoms with van der Waals surface area (Å²) in [5.41, 5.74) is 2.88. The molecule has 32 heavy (non-hydrogen) atoms. The van der Waals surface area contributed by atoms with Crippen molar-refractivity contribution >= 4 is 17.3 Å². The van der Waals surface area contributed by atoms with E-state index in [2.05, 4.69) is 20.5 Å². The summed E-state index contributed by atoms with van der Waals surface area (Å²) in [7, 11) is 0. The molecule has 0 radical (unpaired) electrons. The van der Waals surface area contributed by atoms with E-state index in [0.717, 1.165) is 24.2 Å². The van der Waals surface area contributed by atoms with Crippen LogP contribution in [0.5, 0.6) is 5.75 Å². The summed E-state index contributed by atoms with van der Waals surface area (Å²) in [4.78, 5) is 12.8. The lowest BCUT2D eigenvalue weighted by atomic mass is 10.0. The highest BCUT2D eigenvalue weighted by Gasteiger charge is 2.31. The number of morpholine rings is 1. The van der Waals surface area contributed by atoms with Crippen molar-refractivity contribution in [3.05, 3.63) is 59.7 Å². The van der Waals surface area contributed by atoms with Crippen LogP contribution in [0.25, 0.3) is 0 Å². The third-order valence-corrected chi connectivity index (χ3v) is 5.52. The van der Waals surface area contributed by atoms with Gasteiger partial charge in [-0.3, -0.25) is 9.80 Å². The number of nitrogens with zero attached hydrogens (tertiary/aromatic N) is 2. The van der Waals surface area contributed by atoms with Gasteiger partial charge in [0.25, 0.3) is 5.91 Å². The number of halogens is 2. The Hall–Kier alpha value is -3.04. The van der Waals surface area contributed by atoms with Crippen LogP contribution in [0.3, 0.4) is 0 Å². The van der Waals surface area contributed by atoms with Crippen molar-refractivity contribution in [2.24, 2.45) is 5.10 Å². The Bertz CT molecular complexity index is 962. The number of carbonyl (C=O) groups excluding carboxylic acids is 1. The van der Waals surface area contributed by atoms with Crippen LogP contribution in [-0.2, 0) is 9.53 Å². The number of hydrogen-bond donors (Lipinski definition) is 2. The van der Waals surface area contributed by atoms with Gasteiger partial charge in [-0.15, -0.1) is 0 Å². The standard InChI is InChI=1S/C23H26F2N4O3/c1-2-29-20(16-4-3-5-18(12-16)32-23(24)25)13-19(28-29)22(30)27-17-8-6-15(7-9-17)21-14-26-10-11-31-21/h3-9,12,20-21,23,26H,2,10-11,13-14H2,1H3,(H,27,30). The highest BCUT2D eigenvalue weighted by atomic mass is 19.3. The van der Waals surface area contributed by atoms with Gasteiger partial charge in [0.2, 0.25) is 0 Å². The second-order valence-corrected chi connectivity index (χ2v) is 7.61. The minimum atomic E-state index is -2.89. The van der Waals surface area contributed by atoms with E-state index in [9.17, 15) is 13.6 Å². The summed E-state index contributed by atoms with van der Waals surface area (Å²) >= 11 is 0. The fraction of sp³-hybridized carbons (Fsp3) is 0.391. The van der Waals surface area contributed by atoms with Crippen molar-refractivity contribution in [1.82, 2.24) is 10.3 Å². The van der Waals surface area contributed by atoms with E-state index in [1.165, 1.54) is 6.07 Å². The topological polar surface area (TPSA) is 75.2 Å². The molecule has 1 amide bonds. The van der Waals surface area contributed by atoms with Crippen LogP contribution < -0.4 is 15.4 Å². The molecule has 4 rings (SSSR count). The number of carbonyl (C=O) groups is 1. The van der Waals surface area contributed by atoms with E-state index in [4.69, 9.17) is 4.74 Å². The Labute approximate surface area is 185 Å².